The number of hydrogen-bond donors (Lipinski definition) is 0. The topological polar surface area (TPSA) is 36.0 Å². The second kappa shape index (κ2) is 4.93. The average Bonchev–Trinajstić information content (AvgIpc) is 2.17. The van der Waals surface area contributed by atoms with Crippen molar-refractivity contribution in [3.63, 3.8) is 0 Å². The lowest BCUT2D eigenvalue weighted by Crippen LogP contribution is -2.42. The van der Waals surface area contributed by atoms with Crippen molar-refractivity contribution in [2.75, 3.05) is 0 Å². The highest BCUT2D eigenvalue weighted by atomic mass is 16.5. The zero-order valence-corrected chi connectivity index (χ0v) is 10.8. The molecule has 0 fully saturated rings. The highest BCUT2D eigenvalue weighted by Gasteiger charge is 2.32. The van der Waals surface area contributed by atoms with E-state index in [0.29, 0.717) is 0 Å². The van der Waals surface area contributed by atoms with Gasteiger partial charge in [0.2, 0.25) is 0 Å². The van der Waals surface area contributed by atoms with Crippen LogP contribution in [-0.4, -0.2) is 15.6 Å². The maximum absolute atomic E-state index is 12.3. The molecule has 1 radical (unpaired) electrons. The third-order valence-electron chi connectivity index (χ3n) is 2.57. The molecule has 0 amide bonds. The SMILES string of the molecule is CC(C)C(c1cccnc1)N([O])C(C)(C)C. The van der Waals surface area contributed by atoms with Gasteiger partial charge in [0.15, 0.2) is 0 Å². The molecule has 3 heteroatoms. The molecule has 0 saturated heterocycles. The summed E-state index contributed by atoms with van der Waals surface area (Å²) in [5.74, 6) is 0.265. The van der Waals surface area contributed by atoms with Crippen LogP contribution in [0.5, 0.6) is 0 Å². The molecule has 0 bridgehead atoms. The van der Waals surface area contributed by atoms with Crippen molar-refractivity contribution in [3.05, 3.63) is 30.1 Å². The van der Waals surface area contributed by atoms with Crippen LogP contribution < -0.4 is 0 Å². The zero-order chi connectivity index (χ0) is 12.3. The van der Waals surface area contributed by atoms with Gasteiger partial charge in [-0.2, -0.15) is 0 Å². The van der Waals surface area contributed by atoms with Gasteiger partial charge in [-0.05, 0) is 38.3 Å². The third kappa shape index (κ3) is 3.03. The fraction of sp³-hybridized carbons (Fsp3) is 0.615. The van der Waals surface area contributed by atoms with Crippen molar-refractivity contribution in [1.82, 2.24) is 10.0 Å². The third-order valence-corrected chi connectivity index (χ3v) is 2.57. The van der Waals surface area contributed by atoms with Crippen LogP contribution in [0.25, 0.3) is 0 Å². The summed E-state index contributed by atoms with van der Waals surface area (Å²) < 4.78 is 0. The molecular weight excluding hydrogens is 200 g/mol. The monoisotopic (exact) mass is 221 g/mol. The Labute approximate surface area is 98.1 Å². The highest BCUT2D eigenvalue weighted by Crippen LogP contribution is 2.31. The van der Waals surface area contributed by atoms with Gasteiger partial charge in [-0.1, -0.05) is 19.9 Å². The smallest absolute Gasteiger partial charge is 0.0676 e. The molecule has 89 valence electrons. The van der Waals surface area contributed by atoms with Crippen LogP contribution in [0, 0.1) is 5.92 Å². The maximum Gasteiger partial charge on any atom is 0.0676 e. The van der Waals surface area contributed by atoms with Gasteiger partial charge in [0, 0.05) is 17.9 Å². The normalized spacial score (nSPS) is 14.5. The molecular formula is C13H21N2O. The van der Waals surface area contributed by atoms with Gasteiger partial charge >= 0.3 is 0 Å². The van der Waals surface area contributed by atoms with Crippen LogP contribution in [-0.2, 0) is 5.21 Å². The predicted molar refractivity (Wildman–Crippen MR) is 64.1 cm³/mol. The van der Waals surface area contributed by atoms with Crippen molar-refractivity contribution in [2.45, 2.75) is 46.2 Å². The zero-order valence-electron chi connectivity index (χ0n) is 10.8. The minimum Gasteiger partial charge on any atom is -0.264 e. The molecule has 1 rings (SSSR count). The number of nitrogens with zero attached hydrogens (tertiary/aromatic N) is 2. The Kier molecular flexibility index (Phi) is 4.05. The van der Waals surface area contributed by atoms with Gasteiger partial charge in [0.1, 0.15) is 0 Å². The number of rotatable bonds is 3. The average molecular weight is 221 g/mol. The van der Waals surface area contributed by atoms with Gasteiger partial charge in [0.25, 0.3) is 0 Å². The molecule has 1 unspecified atom stereocenters. The summed E-state index contributed by atoms with van der Waals surface area (Å²) in [6.07, 6.45) is 3.51. The second-order valence-electron chi connectivity index (χ2n) is 5.47. The standard InChI is InChI=1S/C13H21N2O/c1-10(2)12(15(16)13(3,4)5)11-7-6-8-14-9-11/h6-10,12H,1-5H3. The molecule has 0 aromatic carbocycles. The lowest BCUT2D eigenvalue weighted by atomic mass is 9.93. The largest absolute Gasteiger partial charge is 0.264 e. The first-order valence-electron chi connectivity index (χ1n) is 5.70. The number of aromatic nitrogens is 1. The summed E-state index contributed by atoms with van der Waals surface area (Å²) >= 11 is 0. The van der Waals surface area contributed by atoms with E-state index in [1.165, 1.54) is 5.06 Å². The molecule has 0 N–H and O–H groups in total. The Morgan fingerprint density at radius 3 is 2.31 bits per heavy atom. The Morgan fingerprint density at radius 2 is 1.94 bits per heavy atom. The molecule has 0 spiro atoms. The van der Waals surface area contributed by atoms with Crippen molar-refractivity contribution < 1.29 is 5.21 Å². The second-order valence-corrected chi connectivity index (χ2v) is 5.47. The molecule has 0 aliphatic heterocycles. The Morgan fingerprint density at radius 1 is 1.31 bits per heavy atom. The summed E-state index contributed by atoms with van der Waals surface area (Å²) in [7, 11) is 0. The molecule has 0 aliphatic rings. The van der Waals surface area contributed by atoms with E-state index >= 15 is 0 Å². The van der Waals surface area contributed by atoms with Crippen molar-refractivity contribution in [3.8, 4) is 0 Å². The first-order chi connectivity index (χ1) is 7.34. The van der Waals surface area contributed by atoms with E-state index in [0.717, 1.165) is 5.56 Å². The minimum absolute atomic E-state index is 0.131. The summed E-state index contributed by atoms with van der Waals surface area (Å²) in [4.78, 5) is 4.09. The van der Waals surface area contributed by atoms with Crippen molar-refractivity contribution in [1.29, 1.82) is 0 Å². The van der Waals surface area contributed by atoms with E-state index in [4.69, 9.17) is 0 Å². The number of pyridine rings is 1. The number of hydroxylamine groups is 2. The van der Waals surface area contributed by atoms with Crippen molar-refractivity contribution >= 4 is 0 Å². The maximum atomic E-state index is 12.3. The van der Waals surface area contributed by atoms with E-state index in [-0.39, 0.29) is 17.5 Å². The molecule has 1 heterocycles. The lowest BCUT2D eigenvalue weighted by molar-refractivity contribution is -0.250. The Bertz CT molecular complexity index is 316. The van der Waals surface area contributed by atoms with Crippen LogP contribution in [0.4, 0.5) is 0 Å². The van der Waals surface area contributed by atoms with Crippen molar-refractivity contribution in [2.24, 2.45) is 5.92 Å². The quantitative estimate of drug-likeness (QED) is 0.735. The van der Waals surface area contributed by atoms with Gasteiger partial charge in [-0.25, -0.2) is 0 Å². The van der Waals surface area contributed by atoms with E-state index in [2.05, 4.69) is 18.8 Å². The predicted octanol–water partition coefficient (Wildman–Crippen LogP) is 3.22. The summed E-state index contributed by atoms with van der Waals surface area (Å²) in [5, 5.41) is 13.5. The van der Waals surface area contributed by atoms with Crippen LogP contribution >= 0.6 is 0 Å². The first kappa shape index (κ1) is 13.1. The van der Waals surface area contributed by atoms with Gasteiger partial charge in [0.05, 0.1) is 6.04 Å². The van der Waals surface area contributed by atoms with Crippen LogP contribution in [0.2, 0.25) is 0 Å². The highest BCUT2D eigenvalue weighted by molar-refractivity contribution is 5.14. The van der Waals surface area contributed by atoms with Crippen LogP contribution in [0.3, 0.4) is 0 Å². The first-order valence-corrected chi connectivity index (χ1v) is 5.70. The molecule has 0 aliphatic carbocycles. The van der Waals surface area contributed by atoms with Gasteiger partial charge < -0.3 is 0 Å². The van der Waals surface area contributed by atoms with E-state index in [9.17, 15) is 5.21 Å². The Balaban J connectivity index is 3.02. The molecule has 1 aromatic heterocycles. The fourth-order valence-corrected chi connectivity index (χ4v) is 1.76. The van der Waals surface area contributed by atoms with Gasteiger partial charge in [-0.3, -0.25) is 4.98 Å². The van der Waals surface area contributed by atoms with Gasteiger partial charge in [-0.15, -0.1) is 10.3 Å². The minimum atomic E-state index is -0.384. The summed E-state index contributed by atoms with van der Waals surface area (Å²) in [5.41, 5.74) is 0.604. The molecule has 3 nitrogen and oxygen atoms in total. The molecule has 0 saturated carbocycles. The molecule has 16 heavy (non-hydrogen) atoms. The number of hydrogen-bond acceptors (Lipinski definition) is 2. The molecule has 1 atom stereocenters. The lowest BCUT2D eigenvalue weighted by Gasteiger charge is -2.36. The Hall–Kier alpha value is -0.930. The summed E-state index contributed by atoms with van der Waals surface area (Å²) in [6, 6.07) is 3.71. The van der Waals surface area contributed by atoms with Crippen LogP contribution in [0.15, 0.2) is 24.5 Å². The molecule has 1 aromatic rings. The fourth-order valence-electron chi connectivity index (χ4n) is 1.76. The van der Waals surface area contributed by atoms with E-state index in [1.807, 2.05) is 32.9 Å². The van der Waals surface area contributed by atoms with Crippen LogP contribution in [0.1, 0.15) is 46.2 Å². The summed E-state index contributed by atoms with van der Waals surface area (Å²) in [6.45, 7) is 9.94. The van der Waals surface area contributed by atoms with E-state index in [1.54, 1.807) is 12.4 Å². The van der Waals surface area contributed by atoms with E-state index < -0.39 is 0 Å².